The van der Waals surface area contributed by atoms with Crippen molar-refractivity contribution in [3.05, 3.63) is 94.1 Å². The molecule has 0 saturated heterocycles. The lowest BCUT2D eigenvalue weighted by molar-refractivity contribution is 0.193. The molecule has 2 heterocycles. The summed E-state index contributed by atoms with van der Waals surface area (Å²) in [6, 6.07) is 21.3. The highest BCUT2D eigenvalue weighted by Crippen LogP contribution is 2.39. The van der Waals surface area contributed by atoms with Gasteiger partial charge in [0.15, 0.2) is 0 Å². The molecule has 6 heteroatoms. The summed E-state index contributed by atoms with van der Waals surface area (Å²) in [6.45, 7) is 2.66. The number of aromatic amines is 1. The predicted molar refractivity (Wildman–Crippen MR) is 129 cm³/mol. The Kier molecular flexibility index (Phi) is 5.27. The fourth-order valence-corrected chi connectivity index (χ4v) is 4.64. The molecule has 5 rings (SSSR count). The topological polar surface area (TPSA) is 57.4 Å². The monoisotopic (exact) mass is 445 g/mol. The highest BCUT2D eigenvalue weighted by Gasteiger charge is 2.34. The van der Waals surface area contributed by atoms with Gasteiger partial charge in [-0.05, 0) is 54.8 Å². The quantitative estimate of drug-likeness (QED) is 0.387. The smallest absolute Gasteiger partial charge is 0.322 e. The van der Waals surface area contributed by atoms with E-state index in [9.17, 15) is 4.79 Å². The number of carbonyl (C=O) groups is 1. The van der Waals surface area contributed by atoms with E-state index in [0.717, 1.165) is 28.6 Å². The van der Waals surface area contributed by atoms with Crippen molar-refractivity contribution < 1.29 is 9.53 Å². The number of methoxy groups -OCH3 is 1. The molecule has 162 valence electrons. The minimum atomic E-state index is -0.226. The van der Waals surface area contributed by atoms with Crippen molar-refractivity contribution in [1.82, 2.24) is 9.88 Å². The molecule has 4 aromatic rings. The molecule has 5 nitrogen and oxygen atoms in total. The molecular formula is C26H24ClN3O2. The van der Waals surface area contributed by atoms with Crippen molar-refractivity contribution >= 4 is 34.2 Å². The van der Waals surface area contributed by atoms with Crippen molar-refractivity contribution in [3.8, 4) is 5.75 Å². The van der Waals surface area contributed by atoms with E-state index in [1.165, 1.54) is 11.1 Å². The molecule has 1 aliphatic heterocycles. The normalized spacial score (nSPS) is 15.5. The van der Waals surface area contributed by atoms with Crippen LogP contribution in [0.25, 0.3) is 10.9 Å². The third-order valence-corrected chi connectivity index (χ3v) is 6.30. The van der Waals surface area contributed by atoms with Gasteiger partial charge in [-0.1, -0.05) is 47.5 Å². The van der Waals surface area contributed by atoms with Crippen LogP contribution in [0.2, 0.25) is 5.02 Å². The third-order valence-electron chi connectivity index (χ3n) is 6.06. The summed E-state index contributed by atoms with van der Waals surface area (Å²) in [5, 5.41) is 4.88. The van der Waals surface area contributed by atoms with E-state index in [4.69, 9.17) is 16.3 Å². The number of aryl methyl sites for hydroxylation is 1. The number of halogens is 1. The highest BCUT2D eigenvalue weighted by atomic mass is 35.5. The Hall–Kier alpha value is -3.44. The van der Waals surface area contributed by atoms with E-state index in [1.54, 1.807) is 7.11 Å². The second-order valence-corrected chi connectivity index (χ2v) is 8.56. The Morgan fingerprint density at radius 3 is 2.72 bits per heavy atom. The lowest BCUT2D eigenvalue weighted by atomic mass is 9.92. The number of carbonyl (C=O) groups excluding carboxylic acids is 1. The van der Waals surface area contributed by atoms with Crippen molar-refractivity contribution in [2.24, 2.45) is 0 Å². The van der Waals surface area contributed by atoms with Gasteiger partial charge in [0.25, 0.3) is 0 Å². The van der Waals surface area contributed by atoms with Crippen LogP contribution in [0, 0.1) is 6.92 Å². The van der Waals surface area contributed by atoms with Crippen LogP contribution in [-0.4, -0.2) is 29.6 Å². The Labute approximate surface area is 192 Å². The Morgan fingerprint density at radius 2 is 1.94 bits per heavy atom. The molecule has 1 atom stereocenters. The first-order valence-electron chi connectivity index (χ1n) is 10.6. The number of amides is 2. The van der Waals surface area contributed by atoms with Crippen molar-refractivity contribution in [3.63, 3.8) is 0 Å². The van der Waals surface area contributed by atoms with Gasteiger partial charge in [-0.2, -0.15) is 0 Å². The summed E-state index contributed by atoms with van der Waals surface area (Å²) < 4.78 is 5.29. The molecule has 0 spiro atoms. The van der Waals surface area contributed by atoms with Gasteiger partial charge < -0.3 is 19.9 Å². The molecule has 0 bridgehead atoms. The number of fused-ring (bicyclic) bond motifs is 3. The van der Waals surface area contributed by atoms with Crippen LogP contribution < -0.4 is 10.1 Å². The van der Waals surface area contributed by atoms with E-state index in [1.807, 2.05) is 47.4 Å². The number of ether oxygens (including phenoxy) is 1. The van der Waals surface area contributed by atoms with Gasteiger partial charge in [0.05, 0.1) is 13.2 Å². The fourth-order valence-electron chi connectivity index (χ4n) is 4.47. The van der Waals surface area contributed by atoms with Crippen LogP contribution in [0.15, 0.2) is 66.7 Å². The first kappa shape index (κ1) is 20.5. The molecule has 1 aliphatic rings. The van der Waals surface area contributed by atoms with Crippen LogP contribution in [0.4, 0.5) is 10.5 Å². The van der Waals surface area contributed by atoms with Gasteiger partial charge >= 0.3 is 6.03 Å². The van der Waals surface area contributed by atoms with Gasteiger partial charge in [0, 0.05) is 39.9 Å². The van der Waals surface area contributed by atoms with Crippen LogP contribution in [0.3, 0.4) is 0 Å². The molecule has 0 saturated carbocycles. The number of anilines is 1. The number of nitrogens with one attached hydrogen (secondary N) is 2. The molecule has 0 aliphatic carbocycles. The van der Waals surface area contributed by atoms with E-state index >= 15 is 0 Å². The van der Waals surface area contributed by atoms with E-state index in [-0.39, 0.29) is 12.1 Å². The average molecular weight is 446 g/mol. The first-order chi connectivity index (χ1) is 15.5. The van der Waals surface area contributed by atoms with Crippen LogP contribution in [-0.2, 0) is 6.42 Å². The van der Waals surface area contributed by atoms with Gasteiger partial charge in [0.2, 0.25) is 0 Å². The molecule has 0 unspecified atom stereocenters. The number of nitrogens with zero attached hydrogens (tertiary/aromatic N) is 1. The van der Waals surface area contributed by atoms with Crippen molar-refractivity contribution in [2.75, 3.05) is 19.0 Å². The van der Waals surface area contributed by atoms with E-state index in [0.29, 0.717) is 23.0 Å². The molecule has 1 aromatic heterocycles. The van der Waals surface area contributed by atoms with Crippen molar-refractivity contribution in [1.29, 1.82) is 0 Å². The minimum absolute atomic E-state index is 0.147. The van der Waals surface area contributed by atoms with Gasteiger partial charge in [-0.15, -0.1) is 0 Å². The first-order valence-corrected chi connectivity index (χ1v) is 11.0. The summed E-state index contributed by atoms with van der Waals surface area (Å²) in [5.74, 6) is 0.700. The summed E-state index contributed by atoms with van der Waals surface area (Å²) >= 11 is 6.28. The molecule has 2 amide bonds. The number of rotatable bonds is 3. The lowest BCUT2D eigenvalue weighted by Gasteiger charge is -2.36. The molecule has 0 fully saturated rings. The van der Waals surface area contributed by atoms with Crippen LogP contribution in [0.5, 0.6) is 5.75 Å². The summed E-state index contributed by atoms with van der Waals surface area (Å²) in [5.41, 5.74) is 6.24. The molecule has 32 heavy (non-hydrogen) atoms. The second-order valence-electron chi connectivity index (χ2n) is 8.13. The van der Waals surface area contributed by atoms with Crippen LogP contribution >= 0.6 is 11.6 Å². The summed E-state index contributed by atoms with van der Waals surface area (Å²) in [7, 11) is 1.61. The maximum Gasteiger partial charge on any atom is 0.322 e. The summed E-state index contributed by atoms with van der Waals surface area (Å²) in [4.78, 5) is 18.9. The fraction of sp³-hybridized carbons (Fsp3) is 0.192. The predicted octanol–water partition coefficient (Wildman–Crippen LogP) is 6.32. The zero-order chi connectivity index (χ0) is 22.2. The summed E-state index contributed by atoms with van der Waals surface area (Å²) in [6.07, 6.45) is 0.754. The largest absolute Gasteiger partial charge is 0.497 e. The Morgan fingerprint density at radius 1 is 1.12 bits per heavy atom. The SMILES string of the molecule is COc1cccc(NC(=O)N2CCc3c([nH]c4ccc(Cl)cc34)[C@@H]2c2ccc(C)cc2)c1. The highest BCUT2D eigenvalue weighted by molar-refractivity contribution is 6.31. The molecule has 0 radical (unpaired) electrons. The standard InChI is InChI=1S/C26H24ClN3O2/c1-16-6-8-17(9-7-16)25-24-21(22-14-18(27)10-11-23(22)29-24)12-13-30(25)26(31)28-19-4-3-5-20(15-19)32-2/h3-11,14-15,25,29H,12-13H2,1-2H3,(H,28,31)/t25-/m0/s1. The maximum atomic E-state index is 13.4. The zero-order valence-corrected chi connectivity index (χ0v) is 18.7. The zero-order valence-electron chi connectivity index (χ0n) is 18.0. The minimum Gasteiger partial charge on any atom is -0.497 e. The molecule has 2 N–H and O–H groups in total. The Balaban J connectivity index is 1.56. The van der Waals surface area contributed by atoms with Crippen molar-refractivity contribution in [2.45, 2.75) is 19.4 Å². The number of hydrogen-bond acceptors (Lipinski definition) is 2. The number of urea groups is 1. The lowest BCUT2D eigenvalue weighted by Crippen LogP contribution is -2.43. The van der Waals surface area contributed by atoms with Gasteiger partial charge in [-0.25, -0.2) is 4.79 Å². The maximum absolute atomic E-state index is 13.4. The van der Waals surface area contributed by atoms with Gasteiger partial charge in [0.1, 0.15) is 5.75 Å². The Bertz CT molecular complexity index is 1300. The molecule has 3 aromatic carbocycles. The average Bonchev–Trinajstić information content (AvgIpc) is 3.17. The molecular weight excluding hydrogens is 422 g/mol. The third kappa shape index (κ3) is 3.69. The number of H-pyrrole nitrogens is 1. The van der Waals surface area contributed by atoms with Crippen LogP contribution in [0.1, 0.15) is 28.4 Å². The van der Waals surface area contributed by atoms with Gasteiger partial charge in [-0.3, -0.25) is 0 Å². The number of benzene rings is 3. The number of hydrogen-bond donors (Lipinski definition) is 2. The number of aromatic nitrogens is 1. The second kappa shape index (κ2) is 8.24. The van der Waals surface area contributed by atoms with E-state index < -0.39 is 0 Å². The van der Waals surface area contributed by atoms with E-state index in [2.05, 4.69) is 41.5 Å².